The number of carbonyl (C=O) groups is 1. The quantitative estimate of drug-likeness (QED) is 0.546. The molecule has 2 aliphatic heterocycles. The van der Waals surface area contributed by atoms with Gasteiger partial charge in [0.25, 0.3) is 0 Å². The lowest BCUT2D eigenvalue weighted by Gasteiger charge is -2.41. The molecule has 6 nitrogen and oxygen atoms in total. The van der Waals surface area contributed by atoms with Gasteiger partial charge in [0.15, 0.2) is 5.96 Å². The van der Waals surface area contributed by atoms with Gasteiger partial charge in [0.1, 0.15) is 5.60 Å². The van der Waals surface area contributed by atoms with Gasteiger partial charge in [0.05, 0.1) is 6.54 Å². The van der Waals surface area contributed by atoms with E-state index in [0.717, 1.165) is 56.8 Å². The molecule has 6 heteroatoms. The van der Waals surface area contributed by atoms with Crippen molar-refractivity contribution in [2.24, 2.45) is 10.4 Å². The van der Waals surface area contributed by atoms with Crippen molar-refractivity contribution in [2.45, 2.75) is 37.7 Å². The number of hydrogen-bond donors (Lipinski definition) is 3. The van der Waals surface area contributed by atoms with E-state index in [-0.39, 0.29) is 11.3 Å². The Labute approximate surface area is 154 Å². The van der Waals surface area contributed by atoms with E-state index >= 15 is 0 Å². The molecule has 0 aromatic heterocycles. The topological polar surface area (TPSA) is 77.0 Å². The molecule has 4 rings (SSSR count). The number of carbonyl (C=O) groups excluding carboxylic acids is 1. The first kappa shape index (κ1) is 17.3. The first-order chi connectivity index (χ1) is 12.5. The van der Waals surface area contributed by atoms with Gasteiger partial charge >= 0.3 is 0 Å². The summed E-state index contributed by atoms with van der Waals surface area (Å²) in [4.78, 5) is 18.4. The SMILES string of the molecule is CN=C(NCC1(O)CCc2ccccc21)N1CCCC2(CNC(=O)C2)C1. The van der Waals surface area contributed by atoms with Gasteiger partial charge in [-0.3, -0.25) is 9.79 Å². The average Bonchev–Trinajstić information content (AvgIpc) is 3.17. The van der Waals surface area contributed by atoms with Crippen molar-refractivity contribution >= 4 is 11.9 Å². The minimum absolute atomic E-state index is 0.0316. The zero-order chi connectivity index (χ0) is 18.2. The Morgan fingerprint density at radius 3 is 3.00 bits per heavy atom. The molecule has 140 valence electrons. The van der Waals surface area contributed by atoms with Gasteiger partial charge in [0.2, 0.25) is 5.91 Å². The molecular weight excluding hydrogens is 328 g/mol. The summed E-state index contributed by atoms with van der Waals surface area (Å²) in [5.74, 6) is 0.980. The normalized spacial score (nSPS) is 31.2. The Morgan fingerprint density at radius 2 is 2.23 bits per heavy atom. The maximum absolute atomic E-state index is 11.7. The van der Waals surface area contributed by atoms with E-state index in [1.807, 2.05) is 18.2 Å². The average molecular weight is 356 g/mol. The van der Waals surface area contributed by atoms with Crippen LogP contribution >= 0.6 is 0 Å². The lowest BCUT2D eigenvalue weighted by Crippen LogP contribution is -2.53. The molecule has 1 aromatic carbocycles. The summed E-state index contributed by atoms with van der Waals surface area (Å²) in [6.45, 7) is 2.99. The molecule has 1 amide bonds. The maximum Gasteiger partial charge on any atom is 0.220 e. The van der Waals surface area contributed by atoms with Gasteiger partial charge in [-0.2, -0.15) is 0 Å². The van der Waals surface area contributed by atoms with Crippen molar-refractivity contribution in [1.29, 1.82) is 0 Å². The summed E-state index contributed by atoms with van der Waals surface area (Å²) in [5.41, 5.74) is 1.46. The number of aliphatic hydroxyl groups is 1. The summed E-state index contributed by atoms with van der Waals surface area (Å²) >= 11 is 0. The van der Waals surface area contributed by atoms with Crippen molar-refractivity contribution in [3.05, 3.63) is 35.4 Å². The van der Waals surface area contributed by atoms with E-state index in [2.05, 4.69) is 26.6 Å². The van der Waals surface area contributed by atoms with Crippen molar-refractivity contribution in [3.63, 3.8) is 0 Å². The number of amides is 1. The molecule has 2 saturated heterocycles. The highest BCUT2D eigenvalue weighted by atomic mass is 16.3. The first-order valence-electron chi connectivity index (χ1n) is 9.57. The van der Waals surface area contributed by atoms with E-state index in [0.29, 0.717) is 13.0 Å². The van der Waals surface area contributed by atoms with Crippen LogP contribution in [0.5, 0.6) is 0 Å². The van der Waals surface area contributed by atoms with Crippen LogP contribution in [0.3, 0.4) is 0 Å². The molecule has 2 fully saturated rings. The van der Waals surface area contributed by atoms with Gasteiger partial charge in [-0.15, -0.1) is 0 Å². The minimum Gasteiger partial charge on any atom is -0.383 e. The monoisotopic (exact) mass is 356 g/mol. The van der Waals surface area contributed by atoms with Crippen molar-refractivity contribution < 1.29 is 9.90 Å². The number of hydrogen-bond acceptors (Lipinski definition) is 3. The van der Waals surface area contributed by atoms with Crippen molar-refractivity contribution in [2.75, 3.05) is 33.2 Å². The lowest BCUT2D eigenvalue weighted by atomic mass is 9.79. The molecule has 3 N–H and O–H groups in total. The second kappa shape index (κ2) is 6.58. The lowest BCUT2D eigenvalue weighted by molar-refractivity contribution is -0.119. The summed E-state index contributed by atoms with van der Waals surface area (Å²) in [7, 11) is 1.79. The van der Waals surface area contributed by atoms with Gasteiger partial charge in [-0.05, 0) is 36.8 Å². The highest BCUT2D eigenvalue weighted by Gasteiger charge is 2.43. The fraction of sp³-hybridized carbons (Fsp3) is 0.600. The molecule has 1 aromatic rings. The van der Waals surface area contributed by atoms with Crippen LogP contribution in [-0.4, -0.2) is 55.1 Å². The minimum atomic E-state index is -0.842. The van der Waals surface area contributed by atoms with Crippen LogP contribution in [-0.2, 0) is 16.8 Å². The number of aliphatic imine (C=N–C) groups is 1. The number of nitrogens with one attached hydrogen (secondary N) is 2. The number of nitrogens with zero attached hydrogens (tertiary/aromatic N) is 2. The van der Waals surface area contributed by atoms with Crippen LogP contribution in [0.25, 0.3) is 0 Å². The molecule has 0 saturated carbocycles. The first-order valence-corrected chi connectivity index (χ1v) is 9.57. The standard InChI is InChI=1S/C20H28N4O2/c1-21-18(24-10-4-8-19(14-24)11-17(25)22-12-19)23-13-20(26)9-7-15-5-2-3-6-16(15)20/h2-3,5-6,26H,4,7-14H2,1H3,(H,21,23)(H,22,25). The second-order valence-corrected chi connectivity index (χ2v) is 8.07. The number of piperidine rings is 1. The molecule has 1 aliphatic carbocycles. The fourth-order valence-corrected chi connectivity index (χ4v) is 4.84. The van der Waals surface area contributed by atoms with Gasteiger partial charge in [-0.25, -0.2) is 0 Å². The number of likely N-dealkylation sites (tertiary alicyclic amines) is 1. The van der Waals surface area contributed by atoms with E-state index < -0.39 is 5.60 Å². The number of benzene rings is 1. The van der Waals surface area contributed by atoms with Gasteiger partial charge in [0, 0.05) is 38.5 Å². The third kappa shape index (κ3) is 3.07. The van der Waals surface area contributed by atoms with E-state index in [9.17, 15) is 9.90 Å². The predicted octanol–water partition coefficient (Wildman–Crippen LogP) is 0.998. The molecular formula is C20H28N4O2. The second-order valence-electron chi connectivity index (χ2n) is 8.07. The zero-order valence-electron chi connectivity index (χ0n) is 15.4. The number of rotatable bonds is 2. The summed E-state index contributed by atoms with van der Waals surface area (Å²) in [6, 6.07) is 8.14. The summed E-state index contributed by atoms with van der Waals surface area (Å²) in [6.07, 6.45) is 4.39. The highest BCUT2D eigenvalue weighted by Crippen LogP contribution is 2.37. The smallest absolute Gasteiger partial charge is 0.220 e. The summed E-state index contributed by atoms with van der Waals surface area (Å²) < 4.78 is 0. The molecule has 1 spiro atoms. The molecule has 0 bridgehead atoms. The fourth-order valence-electron chi connectivity index (χ4n) is 4.84. The molecule has 2 unspecified atom stereocenters. The molecule has 3 aliphatic rings. The molecule has 2 atom stereocenters. The van der Waals surface area contributed by atoms with Gasteiger partial charge in [-0.1, -0.05) is 24.3 Å². The third-order valence-corrected chi connectivity index (χ3v) is 6.23. The van der Waals surface area contributed by atoms with Crippen molar-refractivity contribution in [3.8, 4) is 0 Å². The number of guanidine groups is 1. The molecule has 26 heavy (non-hydrogen) atoms. The Kier molecular flexibility index (Phi) is 4.39. The Hall–Kier alpha value is -2.08. The van der Waals surface area contributed by atoms with E-state index in [1.165, 1.54) is 5.56 Å². The van der Waals surface area contributed by atoms with Crippen LogP contribution in [0.4, 0.5) is 0 Å². The van der Waals surface area contributed by atoms with Crippen LogP contribution < -0.4 is 10.6 Å². The zero-order valence-corrected chi connectivity index (χ0v) is 15.4. The number of fused-ring (bicyclic) bond motifs is 1. The van der Waals surface area contributed by atoms with E-state index in [1.54, 1.807) is 7.05 Å². The van der Waals surface area contributed by atoms with Crippen LogP contribution in [0, 0.1) is 5.41 Å². The van der Waals surface area contributed by atoms with Crippen LogP contribution in [0.1, 0.15) is 36.8 Å². The molecule has 2 heterocycles. The number of aryl methyl sites for hydroxylation is 1. The summed E-state index contributed by atoms with van der Waals surface area (Å²) in [5, 5.41) is 17.5. The Morgan fingerprint density at radius 1 is 1.38 bits per heavy atom. The van der Waals surface area contributed by atoms with Crippen LogP contribution in [0.2, 0.25) is 0 Å². The van der Waals surface area contributed by atoms with Gasteiger partial charge < -0.3 is 20.6 Å². The highest BCUT2D eigenvalue weighted by molar-refractivity contribution is 5.81. The van der Waals surface area contributed by atoms with Crippen molar-refractivity contribution in [1.82, 2.24) is 15.5 Å². The largest absolute Gasteiger partial charge is 0.383 e. The van der Waals surface area contributed by atoms with E-state index in [4.69, 9.17) is 0 Å². The predicted molar refractivity (Wildman–Crippen MR) is 101 cm³/mol. The molecule has 0 radical (unpaired) electrons. The Bertz CT molecular complexity index is 734. The third-order valence-electron chi connectivity index (χ3n) is 6.23. The maximum atomic E-state index is 11.7. The van der Waals surface area contributed by atoms with Crippen LogP contribution in [0.15, 0.2) is 29.3 Å². The Balaban J connectivity index is 1.43.